The third-order valence-electron chi connectivity index (χ3n) is 3.77. The van der Waals surface area contributed by atoms with Crippen molar-refractivity contribution in [3.8, 4) is 0 Å². The minimum atomic E-state index is 0.356. The molecule has 0 aliphatic rings. The number of thiazole rings is 1. The Balaban J connectivity index is 1.62. The minimum absolute atomic E-state index is 0.356. The van der Waals surface area contributed by atoms with Gasteiger partial charge >= 0.3 is 0 Å². The molecule has 3 rings (SSSR count). The van der Waals surface area contributed by atoms with Crippen LogP contribution in [0.25, 0.3) is 10.8 Å². The Morgan fingerprint density at radius 3 is 2.71 bits per heavy atom. The van der Waals surface area contributed by atoms with Crippen LogP contribution in [0.3, 0.4) is 0 Å². The highest BCUT2D eigenvalue weighted by Gasteiger charge is 2.06. The van der Waals surface area contributed by atoms with Crippen LogP contribution in [-0.2, 0) is 6.42 Å². The molecule has 108 valence electrons. The molecular formula is C18H20N2S. The van der Waals surface area contributed by atoms with Gasteiger partial charge in [-0.15, -0.1) is 11.3 Å². The molecule has 21 heavy (non-hydrogen) atoms. The zero-order chi connectivity index (χ0) is 14.7. The largest absolute Gasteiger partial charge is 0.310 e. The molecule has 0 saturated heterocycles. The van der Waals surface area contributed by atoms with Crippen LogP contribution < -0.4 is 5.32 Å². The molecule has 0 fully saturated rings. The second-order valence-corrected chi connectivity index (χ2v) is 6.45. The molecule has 2 nitrogen and oxygen atoms in total. The third-order valence-corrected chi connectivity index (χ3v) is 4.59. The summed E-state index contributed by atoms with van der Waals surface area (Å²) in [6.45, 7) is 5.23. The molecule has 3 aromatic rings. The first-order chi connectivity index (χ1) is 10.2. The van der Waals surface area contributed by atoms with Gasteiger partial charge in [0.1, 0.15) is 0 Å². The molecular weight excluding hydrogens is 276 g/mol. The van der Waals surface area contributed by atoms with E-state index in [0.29, 0.717) is 6.04 Å². The zero-order valence-corrected chi connectivity index (χ0v) is 13.3. The summed E-state index contributed by atoms with van der Waals surface area (Å²) < 4.78 is 0. The summed E-state index contributed by atoms with van der Waals surface area (Å²) in [5, 5.41) is 9.48. The number of aryl methyl sites for hydroxylation is 1. The molecule has 1 heterocycles. The van der Waals surface area contributed by atoms with Crippen LogP contribution in [0, 0.1) is 6.92 Å². The van der Waals surface area contributed by atoms with Crippen LogP contribution in [0.5, 0.6) is 0 Å². The zero-order valence-electron chi connectivity index (χ0n) is 12.5. The Hall–Kier alpha value is -1.71. The highest BCUT2D eigenvalue weighted by atomic mass is 32.1. The second-order valence-electron chi connectivity index (χ2n) is 5.39. The fraction of sp³-hybridized carbons (Fsp3) is 0.278. The molecule has 0 amide bonds. The van der Waals surface area contributed by atoms with Crippen molar-refractivity contribution in [2.75, 3.05) is 6.54 Å². The van der Waals surface area contributed by atoms with Crippen molar-refractivity contribution < 1.29 is 0 Å². The maximum absolute atomic E-state index is 4.50. The maximum Gasteiger partial charge on any atom is 0.0897 e. The number of nitrogens with zero attached hydrogens (tertiary/aromatic N) is 1. The number of rotatable bonds is 5. The lowest BCUT2D eigenvalue weighted by molar-refractivity contribution is 0.575. The smallest absolute Gasteiger partial charge is 0.0897 e. The molecule has 0 aliphatic carbocycles. The van der Waals surface area contributed by atoms with E-state index in [0.717, 1.165) is 18.0 Å². The molecule has 0 radical (unpaired) electrons. The quantitative estimate of drug-likeness (QED) is 0.750. The Bertz CT molecular complexity index is 733. The monoisotopic (exact) mass is 296 g/mol. The minimum Gasteiger partial charge on any atom is -0.310 e. The van der Waals surface area contributed by atoms with Crippen molar-refractivity contribution in [1.82, 2.24) is 10.3 Å². The van der Waals surface area contributed by atoms with E-state index in [1.807, 2.05) is 0 Å². The summed E-state index contributed by atoms with van der Waals surface area (Å²) in [6, 6.07) is 15.5. The van der Waals surface area contributed by atoms with Gasteiger partial charge in [-0.25, -0.2) is 4.98 Å². The predicted octanol–water partition coefficient (Wildman–Crippen LogP) is 4.50. The SMILES string of the molecule is Cc1nc(CCNC(C)c2ccc3ccccc3c2)cs1. The van der Waals surface area contributed by atoms with Gasteiger partial charge < -0.3 is 5.32 Å². The molecule has 1 N–H and O–H groups in total. The van der Waals surface area contributed by atoms with Gasteiger partial charge in [0.05, 0.1) is 10.7 Å². The third kappa shape index (κ3) is 3.49. The Kier molecular flexibility index (Phi) is 4.32. The van der Waals surface area contributed by atoms with E-state index >= 15 is 0 Å². The van der Waals surface area contributed by atoms with E-state index in [-0.39, 0.29) is 0 Å². The molecule has 2 aromatic carbocycles. The average molecular weight is 296 g/mol. The van der Waals surface area contributed by atoms with Crippen LogP contribution in [-0.4, -0.2) is 11.5 Å². The van der Waals surface area contributed by atoms with E-state index in [1.54, 1.807) is 11.3 Å². The number of aromatic nitrogens is 1. The van der Waals surface area contributed by atoms with Crippen molar-refractivity contribution >= 4 is 22.1 Å². The molecule has 0 spiro atoms. The predicted molar refractivity (Wildman–Crippen MR) is 90.9 cm³/mol. The summed E-state index contributed by atoms with van der Waals surface area (Å²) in [7, 11) is 0. The standard InChI is InChI=1S/C18H20N2S/c1-13(19-10-9-18-12-21-14(2)20-18)16-8-7-15-5-3-4-6-17(15)11-16/h3-8,11-13,19H,9-10H2,1-2H3. The summed E-state index contributed by atoms with van der Waals surface area (Å²) in [5.41, 5.74) is 2.53. The number of hydrogen-bond donors (Lipinski definition) is 1. The van der Waals surface area contributed by atoms with Crippen LogP contribution in [0.1, 0.15) is 29.2 Å². The fourth-order valence-corrected chi connectivity index (χ4v) is 3.18. The van der Waals surface area contributed by atoms with Crippen LogP contribution in [0.2, 0.25) is 0 Å². The summed E-state index contributed by atoms with van der Waals surface area (Å²) in [4.78, 5) is 4.50. The van der Waals surface area contributed by atoms with Crippen LogP contribution in [0.4, 0.5) is 0 Å². The summed E-state index contributed by atoms with van der Waals surface area (Å²) in [6.07, 6.45) is 0.988. The second kappa shape index (κ2) is 6.37. The van der Waals surface area contributed by atoms with Crippen molar-refractivity contribution in [3.63, 3.8) is 0 Å². The lowest BCUT2D eigenvalue weighted by atomic mass is 10.0. The maximum atomic E-state index is 4.50. The van der Waals surface area contributed by atoms with E-state index < -0.39 is 0 Å². The number of benzene rings is 2. The highest BCUT2D eigenvalue weighted by molar-refractivity contribution is 7.09. The first kappa shape index (κ1) is 14.2. The van der Waals surface area contributed by atoms with Gasteiger partial charge in [-0.05, 0) is 36.2 Å². The van der Waals surface area contributed by atoms with Gasteiger partial charge in [-0.1, -0.05) is 36.4 Å². The number of hydrogen-bond acceptors (Lipinski definition) is 3. The molecule has 0 saturated carbocycles. The average Bonchev–Trinajstić information content (AvgIpc) is 2.92. The number of nitrogens with one attached hydrogen (secondary N) is 1. The summed E-state index contributed by atoms with van der Waals surface area (Å²) in [5.74, 6) is 0. The molecule has 1 aromatic heterocycles. The number of fused-ring (bicyclic) bond motifs is 1. The van der Waals surface area contributed by atoms with Gasteiger partial charge in [0, 0.05) is 24.4 Å². The fourth-order valence-electron chi connectivity index (χ4n) is 2.53. The molecule has 1 unspecified atom stereocenters. The molecule has 0 bridgehead atoms. The van der Waals surface area contributed by atoms with Crippen molar-refractivity contribution in [2.24, 2.45) is 0 Å². The Morgan fingerprint density at radius 2 is 1.95 bits per heavy atom. The first-order valence-electron chi connectivity index (χ1n) is 7.35. The Labute approximate surface area is 129 Å². The highest BCUT2D eigenvalue weighted by Crippen LogP contribution is 2.20. The molecule has 1 atom stereocenters. The first-order valence-corrected chi connectivity index (χ1v) is 8.23. The van der Waals surface area contributed by atoms with Gasteiger partial charge in [0.15, 0.2) is 0 Å². The van der Waals surface area contributed by atoms with Crippen LogP contribution >= 0.6 is 11.3 Å². The lowest BCUT2D eigenvalue weighted by Crippen LogP contribution is -2.21. The van der Waals surface area contributed by atoms with E-state index in [9.17, 15) is 0 Å². The van der Waals surface area contributed by atoms with E-state index in [2.05, 4.69) is 72.0 Å². The van der Waals surface area contributed by atoms with Crippen molar-refractivity contribution in [1.29, 1.82) is 0 Å². The van der Waals surface area contributed by atoms with Crippen molar-refractivity contribution in [3.05, 3.63) is 64.1 Å². The topological polar surface area (TPSA) is 24.9 Å². The van der Waals surface area contributed by atoms with Gasteiger partial charge in [0.25, 0.3) is 0 Å². The molecule has 0 aliphatic heterocycles. The summed E-state index contributed by atoms with van der Waals surface area (Å²) >= 11 is 1.72. The van der Waals surface area contributed by atoms with E-state index in [4.69, 9.17) is 0 Å². The normalized spacial score (nSPS) is 12.7. The van der Waals surface area contributed by atoms with Gasteiger partial charge in [0.2, 0.25) is 0 Å². The van der Waals surface area contributed by atoms with Crippen molar-refractivity contribution in [2.45, 2.75) is 26.3 Å². The van der Waals surface area contributed by atoms with Gasteiger partial charge in [-0.3, -0.25) is 0 Å². The Morgan fingerprint density at radius 1 is 1.14 bits per heavy atom. The molecule has 3 heteroatoms. The van der Waals surface area contributed by atoms with Gasteiger partial charge in [-0.2, -0.15) is 0 Å². The van der Waals surface area contributed by atoms with Crippen LogP contribution in [0.15, 0.2) is 47.8 Å². The van der Waals surface area contributed by atoms with E-state index in [1.165, 1.54) is 22.0 Å². The lowest BCUT2D eigenvalue weighted by Gasteiger charge is -2.14.